The van der Waals surface area contributed by atoms with E-state index in [4.69, 9.17) is 9.47 Å². The Bertz CT molecular complexity index is 596. The monoisotopic (exact) mass is 364 g/mol. The number of carbonyl (C=O) groups is 3. The molecule has 0 aromatic heterocycles. The maximum Gasteiger partial charge on any atom is 0.408 e. The number of esters is 1. The normalized spacial score (nSPS) is 11.1. The largest absolute Gasteiger partial charge is 0.465 e. The van der Waals surface area contributed by atoms with E-state index in [0.29, 0.717) is 6.54 Å². The van der Waals surface area contributed by atoms with E-state index in [2.05, 4.69) is 5.32 Å². The van der Waals surface area contributed by atoms with Crippen LogP contribution in [0.15, 0.2) is 30.3 Å². The number of ether oxygens (including phenoxy) is 2. The molecule has 0 aliphatic rings. The van der Waals surface area contributed by atoms with Gasteiger partial charge in [-0.2, -0.15) is 0 Å². The van der Waals surface area contributed by atoms with E-state index in [1.807, 2.05) is 30.3 Å². The minimum Gasteiger partial charge on any atom is -0.465 e. The van der Waals surface area contributed by atoms with Crippen LogP contribution < -0.4 is 5.32 Å². The van der Waals surface area contributed by atoms with Gasteiger partial charge >= 0.3 is 12.1 Å². The molecule has 0 heterocycles. The fourth-order valence-corrected chi connectivity index (χ4v) is 2.19. The Kier molecular flexibility index (Phi) is 8.78. The molecule has 1 aromatic carbocycles. The Morgan fingerprint density at radius 2 is 1.73 bits per heavy atom. The summed E-state index contributed by atoms with van der Waals surface area (Å²) < 4.78 is 10.1. The van der Waals surface area contributed by atoms with Crippen LogP contribution in [-0.2, 0) is 25.6 Å². The molecule has 0 aliphatic heterocycles. The van der Waals surface area contributed by atoms with E-state index >= 15 is 0 Å². The third-order valence-electron chi connectivity index (χ3n) is 3.14. The predicted molar refractivity (Wildman–Crippen MR) is 97.6 cm³/mol. The van der Waals surface area contributed by atoms with Gasteiger partial charge in [-0.3, -0.25) is 14.5 Å². The zero-order valence-corrected chi connectivity index (χ0v) is 15.9. The smallest absolute Gasteiger partial charge is 0.408 e. The molecule has 1 aromatic rings. The molecule has 0 aliphatic carbocycles. The highest BCUT2D eigenvalue weighted by Gasteiger charge is 2.19. The van der Waals surface area contributed by atoms with Crippen molar-refractivity contribution < 1.29 is 23.9 Å². The maximum atomic E-state index is 12.2. The molecule has 7 nitrogen and oxygen atoms in total. The Morgan fingerprint density at radius 3 is 2.31 bits per heavy atom. The summed E-state index contributed by atoms with van der Waals surface area (Å²) in [5.74, 6) is -0.618. The van der Waals surface area contributed by atoms with Gasteiger partial charge in [0.05, 0.1) is 26.2 Å². The lowest BCUT2D eigenvalue weighted by molar-refractivity contribution is -0.144. The number of nitrogens with zero attached hydrogens (tertiary/aromatic N) is 1. The molecule has 0 saturated carbocycles. The van der Waals surface area contributed by atoms with Crippen LogP contribution in [0.3, 0.4) is 0 Å². The Labute approximate surface area is 154 Å². The first-order valence-electron chi connectivity index (χ1n) is 8.60. The summed E-state index contributed by atoms with van der Waals surface area (Å²) in [6.07, 6.45) is -0.647. The standard InChI is InChI=1S/C19H28N2O5/c1-5-25-17(23)14-21(12-15-9-7-6-8-10-15)13-16(22)11-20-18(24)26-19(2,3)4/h6-10H,5,11-14H2,1-4H3,(H,20,24). The number of benzene rings is 1. The molecule has 0 fully saturated rings. The van der Waals surface area contributed by atoms with Crippen molar-refractivity contribution in [2.45, 2.75) is 39.8 Å². The number of alkyl carbamates (subject to hydrolysis) is 1. The van der Waals surface area contributed by atoms with Crippen LogP contribution in [0.25, 0.3) is 0 Å². The molecule has 0 bridgehead atoms. The second-order valence-electron chi connectivity index (χ2n) is 6.83. The topological polar surface area (TPSA) is 84.9 Å². The van der Waals surface area contributed by atoms with E-state index in [1.54, 1.807) is 32.6 Å². The minimum atomic E-state index is -0.647. The first kappa shape index (κ1) is 21.6. The van der Waals surface area contributed by atoms with Gasteiger partial charge in [0.25, 0.3) is 0 Å². The van der Waals surface area contributed by atoms with E-state index in [0.717, 1.165) is 5.56 Å². The van der Waals surface area contributed by atoms with E-state index < -0.39 is 17.7 Å². The number of amides is 1. The quantitative estimate of drug-likeness (QED) is 0.676. The summed E-state index contributed by atoms with van der Waals surface area (Å²) in [5, 5.41) is 2.43. The van der Waals surface area contributed by atoms with Gasteiger partial charge in [0, 0.05) is 6.54 Å². The van der Waals surface area contributed by atoms with Crippen LogP contribution in [-0.4, -0.2) is 54.6 Å². The van der Waals surface area contributed by atoms with Crippen LogP contribution >= 0.6 is 0 Å². The molecule has 0 unspecified atom stereocenters. The van der Waals surface area contributed by atoms with Crippen molar-refractivity contribution in [3.05, 3.63) is 35.9 Å². The molecule has 0 saturated heterocycles. The molecule has 1 rings (SSSR count). The highest BCUT2D eigenvalue weighted by atomic mass is 16.6. The lowest BCUT2D eigenvalue weighted by atomic mass is 10.2. The van der Waals surface area contributed by atoms with Crippen molar-refractivity contribution in [2.24, 2.45) is 0 Å². The molecule has 0 spiro atoms. The minimum absolute atomic E-state index is 0.000905. The maximum absolute atomic E-state index is 12.2. The fraction of sp³-hybridized carbons (Fsp3) is 0.526. The molecule has 7 heteroatoms. The van der Waals surface area contributed by atoms with Crippen molar-refractivity contribution in [2.75, 3.05) is 26.2 Å². The fourth-order valence-electron chi connectivity index (χ4n) is 2.19. The van der Waals surface area contributed by atoms with Crippen molar-refractivity contribution in [3.63, 3.8) is 0 Å². The van der Waals surface area contributed by atoms with Gasteiger partial charge in [0.2, 0.25) is 0 Å². The number of Topliss-reactive ketones (excluding diaryl/α,β-unsaturated/α-hetero) is 1. The van der Waals surface area contributed by atoms with Crippen molar-refractivity contribution in [1.29, 1.82) is 0 Å². The summed E-state index contributed by atoms with van der Waals surface area (Å²) in [5.41, 5.74) is 0.348. The third kappa shape index (κ3) is 9.78. The zero-order valence-electron chi connectivity index (χ0n) is 15.9. The molecule has 144 valence electrons. The van der Waals surface area contributed by atoms with Gasteiger partial charge in [0.1, 0.15) is 5.60 Å². The highest BCUT2D eigenvalue weighted by Crippen LogP contribution is 2.07. The number of hydrogen-bond donors (Lipinski definition) is 1. The van der Waals surface area contributed by atoms with Crippen LogP contribution in [0.5, 0.6) is 0 Å². The lowest BCUT2D eigenvalue weighted by Gasteiger charge is -2.22. The van der Waals surface area contributed by atoms with Gasteiger partial charge in [0.15, 0.2) is 5.78 Å². The number of nitrogens with one attached hydrogen (secondary N) is 1. The average molecular weight is 364 g/mol. The van der Waals surface area contributed by atoms with Crippen molar-refractivity contribution >= 4 is 17.8 Å². The van der Waals surface area contributed by atoms with E-state index in [-0.39, 0.29) is 32.0 Å². The molecular weight excluding hydrogens is 336 g/mol. The van der Waals surface area contributed by atoms with Crippen molar-refractivity contribution in [3.8, 4) is 0 Å². The summed E-state index contributed by atoms with van der Waals surface area (Å²) in [6, 6.07) is 9.52. The van der Waals surface area contributed by atoms with Gasteiger partial charge < -0.3 is 14.8 Å². The molecule has 26 heavy (non-hydrogen) atoms. The summed E-state index contributed by atoms with van der Waals surface area (Å²) in [6.45, 7) is 7.53. The SMILES string of the molecule is CCOC(=O)CN(CC(=O)CNC(=O)OC(C)(C)C)Cc1ccccc1. The first-order chi connectivity index (χ1) is 12.2. The van der Waals surface area contributed by atoms with E-state index in [1.165, 1.54) is 0 Å². The number of carbonyl (C=O) groups excluding carboxylic acids is 3. The third-order valence-corrected chi connectivity index (χ3v) is 3.14. The molecule has 1 amide bonds. The van der Waals surface area contributed by atoms with Crippen molar-refractivity contribution in [1.82, 2.24) is 10.2 Å². The average Bonchev–Trinajstić information content (AvgIpc) is 2.52. The molecule has 0 atom stereocenters. The molecule has 0 radical (unpaired) electrons. The van der Waals surface area contributed by atoms with Crippen LogP contribution in [0.4, 0.5) is 4.79 Å². The Balaban J connectivity index is 2.58. The zero-order chi connectivity index (χ0) is 19.6. The number of rotatable bonds is 9. The van der Waals surface area contributed by atoms with Crippen LogP contribution in [0, 0.1) is 0 Å². The Hall–Kier alpha value is -2.41. The van der Waals surface area contributed by atoms with Crippen LogP contribution in [0.1, 0.15) is 33.3 Å². The highest BCUT2D eigenvalue weighted by molar-refractivity contribution is 5.86. The van der Waals surface area contributed by atoms with Gasteiger partial charge in [-0.05, 0) is 33.3 Å². The van der Waals surface area contributed by atoms with E-state index in [9.17, 15) is 14.4 Å². The second-order valence-corrected chi connectivity index (χ2v) is 6.83. The molecule has 1 N–H and O–H groups in total. The second kappa shape index (κ2) is 10.6. The summed E-state index contributed by atoms with van der Waals surface area (Å²) >= 11 is 0. The van der Waals surface area contributed by atoms with Gasteiger partial charge in [-0.1, -0.05) is 30.3 Å². The Morgan fingerprint density at radius 1 is 1.08 bits per heavy atom. The van der Waals surface area contributed by atoms with Gasteiger partial charge in [-0.15, -0.1) is 0 Å². The first-order valence-corrected chi connectivity index (χ1v) is 8.60. The number of ketones is 1. The summed E-state index contributed by atoms with van der Waals surface area (Å²) in [7, 11) is 0. The summed E-state index contributed by atoms with van der Waals surface area (Å²) in [4.78, 5) is 37.3. The number of hydrogen-bond acceptors (Lipinski definition) is 6. The molecular formula is C19H28N2O5. The lowest BCUT2D eigenvalue weighted by Crippen LogP contribution is -2.40. The predicted octanol–water partition coefficient (Wildman–Crippen LogP) is 2.15. The van der Waals surface area contributed by atoms with Crippen LogP contribution in [0.2, 0.25) is 0 Å². The van der Waals surface area contributed by atoms with Gasteiger partial charge in [-0.25, -0.2) is 4.79 Å².